The highest BCUT2D eigenvalue weighted by atomic mass is 16.4. The first-order chi connectivity index (χ1) is 21.3. The lowest BCUT2D eigenvalue weighted by Gasteiger charge is -2.17. The fourth-order valence-corrected chi connectivity index (χ4v) is 6.14. The minimum absolute atomic E-state index is 0.0914. The average Bonchev–Trinajstić information content (AvgIpc) is 3.72. The molecule has 0 spiro atoms. The number of nitrogens with zero attached hydrogens (tertiary/aromatic N) is 4. The summed E-state index contributed by atoms with van der Waals surface area (Å²) in [6, 6.07) is -2.15. The van der Waals surface area contributed by atoms with Crippen LogP contribution in [0.2, 0.25) is 0 Å². The van der Waals surface area contributed by atoms with E-state index in [4.69, 9.17) is 40.9 Å². The molecular formula is C28H52N4O14. The van der Waals surface area contributed by atoms with Crippen LogP contribution >= 0.6 is 0 Å². The average molecular weight is 669 g/mol. The lowest BCUT2D eigenvalue weighted by atomic mass is 10.0. The van der Waals surface area contributed by atoms with E-state index in [2.05, 4.69) is 0 Å². The Morgan fingerprint density at radius 2 is 0.826 bits per heavy atom. The number of aliphatic hydroxyl groups excluding tert-OH is 4. The minimum atomic E-state index is -1.24. The summed E-state index contributed by atoms with van der Waals surface area (Å²) in [5.74, 6) is -3.21. The molecule has 4 fully saturated rings. The van der Waals surface area contributed by atoms with Gasteiger partial charge in [-0.25, -0.2) is 0 Å². The lowest BCUT2D eigenvalue weighted by Crippen LogP contribution is -2.35. The smallest absolute Gasteiger partial charge is 0.321 e. The summed E-state index contributed by atoms with van der Waals surface area (Å²) in [6.07, 6.45) is 1.33. The van der Waals surface area contributed by atoms with Crippen molar-refractivity contribution in [3.05, 3.63) is 0 Å². The van der Waals surface area contributed by atoms with Crippen molar-refractivity contribution in [3.63, 3.8) is 0 Å². The number of carbonyl (C=O) groups is 4. The summed E-state index contributed by atoms with van der Waals surface area (Å²) >= 11 is 0. The third-order valence-electron chi connectivity index (χ3n) is 8.81. The van der Waals surface area contributed by atoms with Gasteiger partial charge in [-0.3, -0.25) is 38.8 Å². The van der Waals surface area contributed by atoms with Crippen molar-refractivity contribution < 1.29 is 70.2 Å². The van der Waals surface area contributed by atoms with Crippen LogP contribution in [0.3, 0.4) is 0 Å². The summed E-state index contributed by atoms with van der Waals surface area (Å²) in [5.41, 5.74) is -2.48. The molecule has 0 aromatic heterocycles. The molecule has 18 nitrogen and oxygen atoms in total. The number of hydrogen-bond acceptors (Lipinski definition) is 14. The zero-order valence-electron chi connectivity index (χ0n) is 26.8. The van der Waals surface area contributed by atoms with Crippen molar-refractivity contribution >= 4 is 23.9 Å². The number of carboxylic acids is 4. The maximum atomic E-state index is 10.6. The Morgan fingerprint density at radius 1 is 0.543 bits per heavy atom. The van der Waals surface area contributed by atoms with Gasteiger partial charge in [-0.1, -0.05) is 0 Å². The predicted molar refractivity (Wildman–Crippen MR) is 160 cm³/mol. The van der Waals surface area contributed by atoms with Gasteiger partial charge in [0.15, 0.2) is 0 Å². The molecule has 4 rings (SSSR count). The van der Waals surface area contributed by atoms with E-state index in [9.17, 15) is 29.4 Å². The Morgan fingerprint density at radius 3 is 0.957 bits per heavy atom. The second kappa shape index (κ2) is 18.1. The highest BCUT2D eigenvalue weighted by Gasteiger charge is 2.44. The van der Waals surface area contributed by atoms with Gasteiger partial charge in [-0.15, -0.1) is 0 Å². The molecule has 8 atom stereocenters. The molecule has 4 heterocycles. The van der Waals surface area contributed by atoms with E-state index >= 15 is 0 Å². The molecule has 4 saturated heterocycles. The van der Waals surface area contributed by atoms with Crippen LogP contribution in [-0.2, 0) is 19.2 Å². The largest absolute Gasteiger partial charge is 0.480 e. The van der Waals surface area contributed by atoms with Gasteiger partial charge in [-0.2, -0.15) is 0 Å². The van der Waals surface area contributed by atoms with Crippen molar-refractivity contribution in [1.29, 1.82) is 0 Å². The Bertz CT molecular complexity index is 945. The zero-order chi connectivity index (χ0) is 35.6. The normalized spacial score (nSPS) is 34.9. The third kappa shape index (κ3) is 11.9. The Kier molecular flexibility index (Phi) is 16.4. The number of aliphatic carboxylic acids is 4. The molecule has 0 unspecified atom stereocenters. The van der Waals surface area contributed by atoms with Crippen molar-refractivity contribution in [2.24, 2.45) is 11.8 Å². The van der Waals surface area contributed by atoms with Crippen LogP contribution < -0.4 is 0 Å². The summed E-state index contributed by atoms with van der Waals surface area (Å²) in [5, 5.41) is 88.8. The quantitative estimate of drug-likeness (QED) is 0.117. The third-order valence-corrected chi connectivity index (χ3v) is 8.81. The van der Waals surface area contributed by atoms with Crippen LogP contribution in [0.5, 0.6) is 0 Å². The molecule has 0 amide bonds. The van der Waals surface area contributed by atoms with Crippen LogP contribution in [-0.4, -0.2) is 211 Å². The molecule has 46 heavy (non-hydrogen) atoms. The van der Waals surface area contributed by atoms with E-state index in [-0.39, 0.29) is 64.2 Å². The molecule has 0 saturated carbocycles. The Balaban J connectivity index is 0.000000307. The van der Waals surface area contributed by atoms with Crippen LogP contribution in [0.4, 0.5) is 0 Å². The molecule has 0 aromatic carbocycles. The van der Waals surface area contributed by atoms with E-state index in [0.29, 0.717) is 25.9 Å². The van der Waals surface area contributed by atoms with Gasteiger partial charge >= 0.3 is 23.9 Å². The first-order valence-electron chi connectivity index (χ1n) is 14.9. The molecule has 268 valence electrons. The number of rotatable bonds is 8. The van der Waals surface area contributed by atoms with Crippen LogP contribution in [0.1, 0.15) is 25.7 Å². The van der Waals surface area contributed by atoms with Crippen molar-refractivity contribution in [2.45, 2.75) is 61.1 Å². The first kappa shape index (κ1) is 41.5. The van der Waals surface area contributed by atoms with Gasteiger partial charge in [-0.05, 0) is 52.9 Å². The monoisotopic (exact) mass is 668 g/mol. The van der Waals surface area contributed by atoms with Gasteiger partial charge in [0, 0.05) is 52.2 Å². The number of β-amino-alcohol motifs (C(OH)–C–C–N with tert-alkyl or cyclic N) is 2. The molecule has 0 bridgehead atoms. The maximum Gasteiger partial charge on any atom is 0.321 e. The molecular weight excluding hydrogens is 616 g/mol. The summed E-state index contributed by atoms with van der Waals surface area (Å²) < 4.78 is 0. The summed E-state index contributed by atoms with van der Waals surface area (Å²) in [6.45, 7) is 1.20. The molecule has 0 aliphatic carbocycles. The fraction of sp³-hybridized carbons (Fsp3) is 0.857. The topological polar surface area (TPSA) is 284 Å². The number of carboxylic acid groups (broad SMARTS) is 4. The number of likely N-dealkylation sites (tertiary alicyclic amines) is 4. The molecule has 4 aliphatic heterocycles. The molecule has 10 N–H and O–H groups in total. The number of likely N-dealkylation sites (N-methyl/N-ethyl adjacent to an activating group) is 4. The SMILES string of the molecule is CN1C[C@@H](CO)C[C@H]1C(=O)O.CN1C[C@@](O)(CO)C[C@H]1C(=O)O.CN1C[C@H](CO)C[C@H]1C(=O)O.CN1C[C@](O)(CO)C[C@H]1C(=O)O. The van der Waals surface area contributed by atoms with Crippen molar-refractivity contribution in [1.82, 2.24) is 19.6 Å². The van der Waals surface area contributed by atoms with Crippen LogP contribution in [0.25, 0.3) is 0 Å². The summed E-state index contributed by atoms with van der Waals surface area (Å²) in [4.78, 5) is 48.8. The van der Waals surface area contributed by atoms with Gasteiger partial charge in [0.1, 0.15) is 35.4 Å². The van der Waals surface area contributed by atoms with Gasteiger partial charge in [0.2, 0.25) is 0 Å². The van der Waals surface area contributed by atoms with Gasteiger partial charge in [0.25, 0.3) is 0 Å². The predicted octanol–water partition coefficient (Wildman–Crippen LogP) is -4.24. The fourth-order valence-electron chi connectivity index (χ4n) is 6.14. The minimum Gasteiger partial charge on any atom is -0.480 e. The number of hydrogen-bond donors (Lipinski definition) is 10. The second-order valence-corrected chi connectivity index (χ2v) is 12.9. The lowest BCUT2D eigenvalue weighted by molar-refractivity contribution is -0.142. The van der Waals surface area contributed by atoms with E-state index in [0.717, 1.165) is 0 Å². The highest BCUT2D eigenvalue weighted by molar-refractivity contribution is 5.75. The molecule has 0 aromatic rings. The van der Waals surface area contributed by atoms with E-state index in [1.54, 1.807) is 38.0 Å². The Hall–Kier alpha value is -2.52. The standard InChI is InChI=1S/2C7H13NO4.2C7H13NO3/c2*1-8-3-7(12,4-9)2-5(8)6(10)11;2*1-8-3-5(4-9)2-6(8)7(10)11/h2*5,9,12H,2-4H2,1H3,(H,10,11);2*5-6,9H,2-4H2,1H3,(H,10,11)/t5-,7+;5-,7-;5-,6+;5-,6-/m0010/s1. The molecule has 0 radical (unpaired) electrons. The maximum absolute atomic E-state index is 10.6. The van der Waals surface area contributed by atoms with Crippen molar-refractivity contribution in [2.75, 3.05) is 80.8 Å². The van der Waals surface area contributed by atoms with Crippen molar-refractivity contribution in [3.8, 4) is 0 Å². The van der Waals surface area contributed by atoms with Gasteiger partial charge < -0.3 is 51.1 Å². The van der Waals surface area contributed by atoms with Crippen LogP contribution in [0.15, 0.2) is 0 Å². The van der Waals surface area contributed by atoms with E-state index in [1.807, 2.05) is 0 Å². The van der Waals surface area contributed by atoms with E-state index < -0.39 is 59.2 Å². The second-order valence-electron chi connectivity index (χ2n) is 12.9. The Labute approximate surface area is 267 Å². The van der Waals surface area contributed by atoms with Gasteiger partial charge in [0.05, 0.1) is 13.2 Å². The van der Waals surface area contributed by atoms with Crippen LogP contribution in [0, 0.1) is 11.8 Å². The first-order valence-corrected chi connectivity index (χ1v) is 14.9. The molecule has 18 heteroatoms. The summed E-state index contributed by atoms with van der Waals surface area (Å²) in [7, 11) is 6.78. The molecule has 4 aliphatic rings. The zero-order valence-corrected chi connectivity index (χ0v) is 26.8. The number of aliphatic hydroxyl groups is 6. The van der Waals surface area contributed by atoms with E-state index in [1.165, 1.54) is 9.80 Å². The highest BCUT2D eigenvalue weighted by Crippen LogP contribution is 2.26.